The molecular weight excluding hydrogens is 464 g/mol. The molecule has 5 rings (SSSR count). The Morgan fingerprint density at radius 3 is 1.54 bits per heavy atom. The van der Waals surface area contributed by atoms with Gasteiger partial charge in [0, 0.05) is 0 Å². The Balaban J connectivity index is 1.56. The molecule has 1 saturated heterocycles. The van der Waals surface area contributed by atoms with E-state index in [0.717, 1.165) is 22.3 Å². The Bertz CT molecular complexity index is 1140. The number of benzene rings is 4. The van der Waals surface area contributed by atoms with Crippen LogP contribution in [0, 0.1) is 0 Å². The summed E-state index contributed by atoms with van der Waals surface area (Å²) in [4.78, 5) is 0. The fourth-order valence-electron chi connectivity index (χ4n) is 4.95. The maximum absolute atomic E-state index is 11.5. The zero-order chi connectivity index (χ0) is 25.7. The Morgan fingerprint density at radius 2 is 1.08 bits per heavy atom. The van der Waals surface area contributed by atoms with E-state index in [4.69, 9.17) is 14.2 Å². The Labute approximate surface area is 217 Å². The SMILES string of the molecule is C[C@@H]1O[C@@H](OCc2ccccc2)[C@H](O)[C@H](OC(c2ccccc2)(c2ccccc2)c2ccccc2)[C@H]1O. The molecule has 0 spiro atoms. The van der Waals surface area contributed by atoms with Crippen molar-refractivity contribution in [3.05, 3.63) is 144 Å². The van der Waals surface area contributed by atoms with Crippen molar-refractivity contribution in [1.29, 1.82) is 0 Å². The van der Waals surface area contributed by atoms with Crippen molar-refractivity contribution in [1.82, 2.24) is 0 Å². The summed E-state index contributed by atoms with van der Waals surface area (Å²) >= 11 is 0. The third-order valence-corrected chi connectivity index (χ3v) is 6.89. The molecule has 4 aromatic carbocycles. The second-order valence-electron chi connectivity index (χ2n) is 9.35. The molecule has 1 fully saturated rings. The van der Waals surface area contributed by atoms with Gasteiger partial charge in [-0.25, -0.2) is 0 Å². The van der Waals surface area contributed by atoms with E-state index in [2.05, 4.69) is 0 Å². The summed E-state index contributed by atoms with van der Waals surface area (Å²) in [5.41, 5.74) is 2.51. The van der Waals surface area contributed by atoms with Crippen molar-refractivity contribution in [2.45, 2.75) is 49.8 Å². The first-order chi connectivity index (χ1) is 18.1. The fraction of sp³-hybridized carbons (Fsp3) is 0.250. The first-order valence-electron chi connectivity index (χ1n) is 12.6. The molecule has 4 aromatic rings. The highest BCUT2D eigenvalue weighted by Gasteiger charge is 2.50. The minimum atomic E-state index is -1.23. The van der Waals surface area contributed by atoms with Crippen LogP contribution in [0.2, 0.25) is 0 Å². The molecule has 0 radical (unpaired) electrons. The minimum absolute atomic E-state index is 0.263. The zero-order valence-electron chi connectivity index (χ0n) is 20.8. The van der Waals surface area contributed by atoms with Gasteiger partial charge in [0.2, 0.25) is 0 Å². The topological polar surface area (TPSA) is 68.2 Å². The van der Waals surface area contributed by atoms with E-state index in [1.165, 1.54) is 0 Å². The van der Waals surface area contributed by atoms with Gasteiger partial charge in [0.1, 0.15) is 23.9 Å². The lowest BCUT2D eigenvalue weighted by molar-refractivity contribution is -0.312. The number of hydrogen-bond donors (Lipinski definition) is 2. The molecule has 0 amide bonds. The summed E-state index contributed by atoms with van der Waals surface area (Å²) in [6, 6.07) is 39.4. The van der Waals surface area contributed by atoms with E-state index in [9.17, 15) is 10.2 Å². The fourth-order valence-corrected chi connectivity index (χ4v) is 4.95. The second-order valence-corrected chi connectivity index (χ2v) is 9.35. The maximum Gasteiger partial charge on any atom is 0.186 e. The smallest absolute Gasteiger partial charge is 0.186 e. The van der Waals surface area contributed by atoms with Crippen molar-refractivity contribution in [2.75, 3.05) is 0 Å². The molecule has 0 aromatic heterocycles. The van der Waals surface area contributed by atoms with E-state index < -0.39 is 36.3 Å². The third kappa shape index (κ3) is 5.23. The summed E-state index contributed by atoms with van der Waals surface area (Å²) in [6.45, 7) is 2.03. The Morgan fingerprint density at radius 1 is 0.649 bits per heavy atom. The van der Waals surface area contributed by atoms with Gasteiger partial charge in [-0.05, 0) is 29.2 Å². The van der Waals surface area contributed by atoms with Crippen LogP contribution in [0.1, 0.15) is 29.2 Å². The quantitative estimate of drug-likeness (QED) is 0.334. The van der Waals surface area contributed by atoms with Crippen LogP contribution in [0.15, 0.2) is 121 Å². The van der Waals surface area contributed by atoms with Crippen LogP contribution in [0.5, 0.6) is 0 Å². The largest absolute Gasteiger partial charge is 0.388 e. The molecule has 1 heterocycles. The minimum Gasteiger partial charge on any atom is -0.388 e. The van der Waals surface area contributed by atoms with Gasteiger partial charge in [0.25, 0.3) is 0 Å². The summed E-state index contributed by atoms with van der Waals surface area (Å²) in [6.07, 6.45) is -4.89. The maximum atomic E-state index is 11.5. The molecule has 5 heteroatoms. The van der Waals surface area contributed by atoms with Gasteiger partial charge in [-0.2, -0.15) is 0 Å². The Kier molecular flexibility index (Phi) is 7.79. The molecule has 2 N–H and O–H groups in total. The van der Waals surface area contributed by atoms with E-state index in [-0.39, 0.29) is 6.61 Å². The molecule has 1 aliphatic rings. The highest BCUT2D eigenvalue weighted by atomic mass is 16.7. The van der Waals surface area contributed by atoms with Crippen molar-refractivity contribution in [2.24, 2.45) is 0 Å². The highest BCUT2D eigenvalue weighted by molar-refractivity contribution is 5.47. The normalized spacial score (nSPS) is 24.0. The number of aliphatic hydroxyl groups excluding tert-OH is 2. The van der Waals surface area contributed by atoms with Gasteiger partial charge in [0.15, 0.2) is 6.29 Å². The van der Waals surface area contributed by atoms with Crippen molar-refractivity contribution in [3.63, 3.8) is 0 Å². The monoisotopic (exact) mass is 496 g/mol. The van der Waals surface area contributed by atoms with Crippen LogP contribution in [0.25, 0.3) is 0 Å². The molecule has 190 valence electrons. The molecule has 0 unspecified atom stereocenters. The number of rotatable bonds is 8. The standard InChI is InChI=1S/C32H32O5/c1-23-28(33)30(29(34)31(36-23)35-22-24-14-6-2-7-15-24)37-32(25-16-8-3-9-17-25,26-18-10-4-11-19-26)27-20-12-5-13-21-27/h2-21,23,28-31,33-34H,22H2,1H3/t23-,28-,29+,30+,31+/m0/s1. The van der Waals surface area contributed by atoms with E-state index in [1.54, 1.807) is 6.92 Å². The highest BCUT2D eigenvalue weighted by Crippen LogP contribution is 2.43. The number of hydrogen-bond acceptors (Lipinski definition) is 5. The van der Waals surface area contributed by atoms with Gasteiger partial charge >= 0.3 is 0 Å². The summed E-state index contributed by atoms with van der Waals surface area (Å²) in [5, 5.41) is 22.7. The zero-order valence-corrected chi connectivity index (χ0v) is 20.8. The summed E-state index contributed by atoms with van der Waals surface area (Å²) in [7, 11) is 0. The first-order valence-corrected chi connectivity index (χ1v) is 12.6. The van der Waals surface area contributed by atoms with Crippen LogP contribution in [0.3, 0.4) is 0 Å². The van der Waals surface area contributed by atoms with Gasteiger partial charge in [-0.3, -0.25) is 0 Å². The molecule has 5 nitrogen and oxygen atoms in total. The van der Waals surface area contributed by atoms with Gasteiger partial charge in [-0.1, -0.05) is 121 Å². The lowest BCUT2D eigenvalue weighted by Gasteiger charge is -2.46. The van der Waals surface area contributed by atoms with Gasteiger partial charge in [-0.15, -0.1) is 0 Å². The van der Waals surface area contributed by atoms with Crippen molar-refractivity contribution >= 4 is 0 Å². The predicted octanol–water partition coefficient (Wildman–Crippen LogP) is 5.05. The lowest BCUT2D eigenvalue weighted by atomic mass is 9.79. The molecular formula is C32H32O5. The Hall–Kier alpha value is -3.32. The van der Waals surface area contributed by atoms with Crippen LogP contribution < -0.4 is 0 Å². The van der Waals surface area contributed by atoms with Crippen LogP contribution >= 0.6 is 0 Å². The van der Waals surface area contributed by atoms with Crippen LogP contribution in [0.4, 0.5) is 0 Å². The van der Waals surface area contributed by atoms with Crippen molar-refractivity contribution in [3.8, 4) is 0 Å². The van der Waals surface area contributed by atoms with Gasteiger partial charge in [0.05, 0.1) is 12.7 Å². The molecule has 1 aliphatic heterocycles. The second kappa shape index (κ2) is 11.4. The average Bonchev–Trinajstić information content (AvgIpc) is 2.96. The van der Waals surface area contributed by atoms with Crippen LogP contribution in [-0.2, 0) is 26.4 Å². The molecule has 0 bridgehead atoms. The first kappa shape index (κ1) is 25.3. The van der Waals surface area contributed by atoms with E-state index >= 15 is 0 Å². The summed E-state index contributed by atoms with van der Waals surface area (Å²) < 4.78 is 18.8. The third-order valence-electron chi connectivity index (χ3n) is 6.89. The number of aliphatic hydroxyl groups is 2. The lowest BCUT2D eigenvalue weighted by Crippen LogP contribution is -2.60. The van der Waals surface area contributed by atoms with E-state index in [0.29, 0.717) is 0 Å². The van der Waals surface area contributed by atoms with Crippen molar-refractivity contribution < 1.29 is 24.4 Å². The molecule has 5 atom stereocenters. The molecule has 0 saturated carbocycles. The van der Waals surface area contributed by atoms with Crippen LogP contribution in [-0.4, -0.2) is 40.9 Å². The number of ether oxygens (including phenoxy) is 3. The van der Waals surface area contributed by atoms with E-state index in [1.807, 2.05) is 121 Å². The molecule has 37 heavy (non-hydrogen) atoms. The average molecular weight is 497 g/mol. The summed E-state index contributed by atoms with van der Waals surface area (Å²) in [5.74, 6) is 0. The molecule has 0 aliphatic carbocycles. The predicted molar refractivity (Wildman–Crippen MR) is 142 cm³/mol. The van der Waals surface area contributed by atoms with Gasteiger partial charge < -0.3 is 24.4 Å².